The number of halogens is 3. The molecule has 0 aliphatic carbocycles. The van der Waals surface area contributed by atoms with Crippen molar-refractivity contribution in [2.45, 2.75) is 16.4 Å². The number of thioether (sulfide) groups is 1. The predicted octanol–water partition coefficient (Wildman–Crippen LogP) is 4.15. The van der Waals surface area contributed by atoms with E-state index in [9.17, 15) is 23.2 Å². The Morgan fingerprint density at radius 1 is 1.32 bits per heavy atom. The van der Waals surface area contributed by atoms with Crippen molar-refractivity contribution >= 4 is 40.0 Å². The molecule has 0 bridgehead atoms. The normalized spacial score (nSPS) is 15.2. The highest BCUT2D eigenvalue weighted by Crippen LogP contribution is 2.43. The number of nitrogens with zero attached hydrogens (tertiary/aromatic N) is 5. The van der Waals surface area contributed by atoms with Crippen LogP contribution in [0, 0.1) is 11.3 Å². The van der Waals surface area contributed by atoms with E-state index in [1.807, 2.05) is 6.07 Å². The van der Waals surface area contributed by atoms with Gasteiger partial charge in [-0.25, -0.2) is 9.97 Å². The molecular formula is C22H15F3N6O2S. The molecule has 1 amide bonds. The van der Waals surface area contributed by atoms with Crippen LogP contribution in [0.4, 0.5) is 19.0 Å². The molecule has 0 radical (unpaired) electrons. The fraction of sp³-hybridized carbons (Fsp3) is 0.182. The van der Waals surface area contributed by atoms with Crippen LogP contribution in [-0.2, 0) is 0 Å². The number of imidazole rings is 1. The van der Waals surface area contributed by atoms with Gasteiger partial charge in [0.25, 0.3) is 5.91 Å². The number of hydrogen-bond acceptors (Lipinski definition) is 7. The topological polar surface area (TPSA) is 110 Å². The van der Waals surface area contributed by atoms with E-state index in [0.717, 1.165) is 0 Å². The highest BCUT2D eigenvalue weighted by Gasteiger charge is 2.34. The van der Waals surface area contributed by atoms with E-state index in [1.165, 1.54) is 35.5 Å². The van der Waals surface area contributed by atoms with Crippen molar-refractivity contribution in [3.05, 3.63) is 59.5 Å². The van der Waals surface area contributed by atoms with Gasteiger partial charge >= 0.3 is 5.51 Å². The molecule has 172 valence electrons. The summed E-state index contributed by atoms with van der Waals surface area (Å²) in [6.45, 7) is 0.0804. The van der Waals surface area contributed by atoms with Gasteiger partial charge in [0, 0.05) is 17.5 Å². The molecule has 2 N–H and O–H groups in total. The van der Waals surface area contributed by atoms with Crippen LogP contribution in [0.15, 0.2) is 47.8 Å². The van der Waals surface area contributed by atoms with E-state index >= 15 is 0 Å². The molecule has 0 saturated heterocycles. The predicted molar refractivity (Wildman–Crippen MR) is 118 cm³/mol. The van der Waals surface area contributed by atoms with Crippen LogP contribution in [0.2, 0.25) is 0 Å². The minimum Gasteiger partial charge on any atom is -0.491 e. The van der Waals surface area contributed by atoms with Crippen LogP contribution in [-0.4, -0.2) is 44.3 Å². The second-order valence-electron chi connectivity index (χ2n) is 7.63. The van der Waals surface area contributed by atoms with Gasteiger partial charge < -0.3 is 15.4 Å². The maximum absolute atomic E-state index is 13.5. The maximum atomic E-state index is 13.5. The summed E-state index contributed by atoms with van der Waals surface area (Å²) >= 11 is -0.231. The van der Waals surface area contributed by atoms with E-state index in [0.29, 0.717) is 22.1 Å². The molecule has 1 atom stereocenters. The lowest BCUT2D eigenvalue weighted by atomic mass is 10.0. The van der Waals surface area contributed by atoms with Crippen molar-refractivity contribution in [2.75, 3.05) is 19.4 Å². The van der Waals surface area contributed by atoms with Gasteiger partial charge in [0.1, 0.15) is 29.8 Å². The van der Waals surface area contributed by atoms with Crippen molar-refractivity contribution in [3.63, 3.8) is 0 Å². The summed E-state index contributed by atoms with van der Waals surface area (Å²) in [6, 6.07) is 8.74. The Hall–Kier alpha value is -3.98. The van der Waals surface area contributed by atoms with Crippen LogP contribution in [0.25, 0.3) is 16.6 Å². The zero-order valence-electron chi connectivity index (χ0n) is 17.5. The number of fused-ring (bicyclic) bond motifs is 4. The number of amides is 1. The third-order valence-corrected chi connectivity index (χ3v) is 6.35. The van der Waals surface area contributed by atoms with E-state index in [4.69, 9.17) is 10.5 Å². The number of likely N-dealkylation sites (N-methyl/N-ethyl adjacent to an activating group) is 1. The van der Waals surface area contributed by atoms with Crippen molar-refractivity contribution in [1.82, 2.24) is 19.3 Å². The number of rotatable bonds is 3. The quantitative estimate of drug-likeness (QED) is 0.435. The van der Waals surface area contributed by atoms with E-state index in [1.54, 1.807) is 23.7 Å². The smallest absolute Gasteiger partial charge is 0.446 e. The van der Waals surface area contributed by atoms with Crippen molar-refractivity contribution in [1.29, 1.82) is 5.26 Å². The van der Waals surface area contributed by atoms with Crippen LogP contribution in [0.3, 0.4) is 0 Å². The number of nitrogens with two attached hydrogens (primary N) is 1. The molecule has 2 aromatic carbocycles. The first kappa shape index (κ1) is 21.8. The maximum Gasteiger partial charge on any atom is 0.446 e. The number of ether oxygens (including phenoxy) is 1. The first-order chi connectivity index (χ1) is 16.2. The molecular weight excluding hydrogens is 469 g/mol. The molecule has 0 spiro atoms. The lowest BCUT2D eigenvalue weighted by molar-refractivity contribution is -0.0328. The minimum atomic E-state index is -4.41. The van der Waals surface area contributed by atoms with Gasteiger partial charge in [-0.2, -0.15) is 18.4 Å². The van der Waals surface area contributed by atoms with Crippen molar-refractivity contribution in [2.24, 2.45) is 0 Å². The lowest BCUT2D eigenvalue weighted by Gasteiger charge is -2.24. The first-order valence-electron chi connectivity index (χ1n) is 9.91. The molecule has 2 aromatic heterocycles. The number of carbonyl (C=O) groups excluding carboxylic acids is 1. The van der Waals surface area contributed by atoms with Crippen molar-refractivity contribution in [3.8, 4) is 11.8 Å². The molecule has 1 aliphatic heterocycles. The number of benzene rings is 2. The number of carbonyl (C=O) groups is 1. The van der Waals surface area contributed by atoms with Gasteiger partial charge in [-0.05, 0) is 36.0 Å². The Morgan fingerprint density at radius 2 is 2.12 bits per heavy atom. The number of nitrogen functional groups attached to an aromatic ring is 1. The van der Waals surface area contributed by atoms with Gasteiger partial charge in [-0.15, -0.1) is 0 Å². The van der Waals surface area contributed by atoms with Crippen LogP contribution in [0.5, 0.6) is 5.75 Å². The standard InChI is InChI=1S/C22H15F3N6O2S/c1-30(18-9-33-19-5-12(2-3-13(18)19)34-22(23,24)25)21(32)14-6-16-15(4-11(14)7-26)29-20(27)17-8-28-10-31(16)17/h2-6,8,10,18H,9H2,1H3,(H2,27,29)/t18-/m1/s1. The fourth-order valence-electron chi connectivity index (χ4n) is 4.01. The van der Waals surface area contributed by atoms with E-state index in [2.05, 4.69) is 9.97 Å². The number of hydrogen-bond donors (Lipinski definition) is 1. The molecule has 34 heavy (non-hydrogen) atoms. The fourth-order valence-corrected chi connectivity index (χ4v) is 4.58. The minimum absolute atomic E-state index is 0.00158. The molecule has 12 heteroatoms. The summed E-state index contributed by atoms with van der Waals surface area (Å²) in [4.78, 5) is 23.3. The zero-order valence-corrected chi connectivity index (χ0v) is 18.3. The molecule has 0 unspecified atom stereocenters. The third-order valence-electron chi connectivity index (χ3n) is 5.63. The van der Waals surface area contributed by atoms with Crippen molar-refractivity contribution < 1.29 is 22.7 Å². The van der Waals surface area contributed by atoms with Gasteiger partial charge in [0.05, 0.1) is 40.7 Å². The Labute approximate surface area is 194 Å². The van der Waals surface area contributed by atoms with Crippen LogP contribution < -0.4 is 10.5 Å². The first-order valence-corrected chi connectivity index (χ1v) is 10.7. The summed E-state index contributed by atoms with van der Waals surface area (Å²) in [5, 5.41) is 9.68. The number of anilines is 1. The summed E-state index contributed by atoms with van der Waals surface area (Å²) in [6.07, 6.45) is 3.09. The third kappa shape index (κ3) is 3.63. The monoisotopic (exact) mass is 484 g/mol. The van der Waals surface area contributed by atoms with Crippen LogP contribution in [0.1, 0.15) is 27.5 Å². The van der Waals surface area contributed by atoms with Crippen LogP contribution >= 0.6 is 11.8 Å². The van der Waals surface area contributed by atoms with Gasteiger partial charge in [0.2, 0.25) is 0 Å². The Morgan fingerprint density at radius 3 is 2.85 bits per heavy atom. The summed E-state index contributed by atoms with van der Waals surface area (Å²) in [7, 11) is 1.56. The van der Waals surface area contributed by atoms with Gasteiger partial charge in [0.15, 0.2) is 0 Å². The molecule has 3 heterocycles. The summed E-state index contributed by atoms with van der Waals surface area (Å²) in [5.41, 5.74) is 3.96. The SMILES string of the molecule is CN(C(=O)c1cc2c(cc1C#N)nc(N)c1cncn12)[C@@H]1COc2cc(SC(F)(F)F)ccc21. The Bertz CT molecular complexity index is 1510. The second-order valence-corrected chi connectivity index (χ2v) is 8.77. The summed E-state index contributed by atoms with van der Waals surface area (Å²) in [5.74, 6) is 0.0873. The van der Waals surface area contributed by atoms with E-state index in [-0.39, 0.29) is 46.0 Å². The molecule has 8 nitrogen and oxygen atoms in total. The number of alkyl halides is 3. The average molecular weight is 484 g/mol. The Balaban J connectivity index is 1.51. The highest BCUT2D eigenvalue weighted by atomic mass is 32.2. The zero-order chi connectivity index (χ0) is 24.2. The lowest BCUT2D eigenvalue weighted by Crippen LogP contribution is -2.32. The molecule has 0 saturated carbocycles. The molecule has 5 rings (SSSR count). The second kappa shape index (κ2) is 7.81. The molecule has 4 aromatic rings. The van der Waals surface area contributed by atoms with Gasteiger partial charge in [-0.1, -0.05) is 6.07 Å². The molecule has 0 fully saturated rings. The molecule has 1 aliphatic rings. The largest absolute Gasteiger partial charge is 0.491 e. The highest BCUT2D eigenvalue weighted by molar-refractivity contribution is 8.00. The number of aromatic nitrogens is 3. The Kier molecular flexibility index (Phi) is 5.02. The average Bonchev–Trinajstić information content (AvgIpc) is 3.44. The van der Waals surface area contributed by atoms with E-state index < -0.39 is 17.5 Å². The summed E-state index contributed by atoms with van der Waals surface area (Å²) < 4.78 is 45.4. The van der Waals surface area contributed by atoms with Gasteiger partial charge in [-0.3, -0.25) is 9.20 Å². The number of nitriles is 1.